The molecule has 1 N–H and O–H groups in total. The number of rotatable bonds is 4. The SMILES string of the molecule is CNC1(COC(F)F)CC1.Cl. The van der Waals surface area contributed by atoms with Gasteiger partial charge in [0.2, 0.25) is 0 Å². The molecule has 2 nitrogen and oxygen atoms in total. The molecule has 0 heterocycles. The van der Waals surface area contributed by atoms with Crippen LogP contribution in [0.25, 0.3) is 0 Å². The van der Waals surface area contributed by atoms with Gasteiger partial charge < -0.3 is 10.1 Å². The van der Waals surface area contributed by atoms with Gasteiger partial charge >= 0.3 is 6.61 Å². The summed E-state index contributed by atoms with van der Waals surface area (Å²) in [4.78, 5) is 0. The van der Waals surface area contributed by atoms with E-state index in [2.05, 4.69) is 10.1 Å². The Bertz CT molecular complexity index is 119. The molecule has 68 valence electrons. The van der Waals surface area contributed by atoms with Gasteiger partial charge in [-0.2, -0.15) is 8.78 Å². The van der Waals surface area contributed by atoms with Gasteiger partial charge in [0.25, 0.3) is 0 Å². The van der Waals surface area contributed by atoms with E-state index in [1.807, 2.05) is 0 Å². The molecule has 1 saturated carbocycles. The molecule has 0 aromatic heterocycles. The fourth-order valence-corrected chi connectivity index (χ4v) is 0.840. The predicted octanol–water partition coefficient (Wildman–Crippen LogP) is 1.40. The Labute approximate surface area is 70.7 Å². The Kier molecular flexibility index (Phi) is 4.21. The quantitative estimate of drug-likeness (QED) is 0.719. The number of ether oxygens (including phenoxy) is 1. The smallest absolute Gasteiger partial charge is 0.321 e. The summed E-state index contributed by atoms with van der Waals surface area (Å²) >= 11 is 0. The first-order valence-corrected chi connectivity index (χ1v) is 3.27. The summed E-state index contributed by atoms with van der Waals surface area (Å²) in [6, 6.07) is 0. The number of alkyl halides is 2. The minimum atomic E-state index is -2.63. The zero-order valence-corrected chi connectivity index (χ0v) is 7.09. The number of halogens is 3. The molecule has 0 atom stereocenters. The molecule has 0 aliphatic heterocycles. The topological polar surface area (TPSA) is 21.3 Å². The van der Waals surface area contributed by atoms with Gasteiger partial charge in [-0.05, 0) is 19.9 Å². The molecule has 1 aliphatic rings. The second-order valence-corrected chi connectivity index (χ2v) is 2.60. The second kappa shape index (κ2) is 4.18. The van der Waals surface area contributed by atoms with Gasteiger partial charge in [0.05, 0.1) is 6.61 Å². The largest absolute Gasteiger partial charge is 0.345 e. The summed E-state index contributed by atoms with van der Waals surface area (Å²) < 4.78 is 27.1. The van der Waals surface area contributed by atoms with E-state index in [9.17, 15) is 8.78 Å². The molecular formula is C6H12ClF2NO. The van der Waals surface area contributed by atoms with Crippen LogP contribution in [0.15, 0.2) is 0 Å². The van der Waals surface area contributed by atoms with E-state index >= 15 is 0 Å². The summed E-state index contributed by atoms with van der Waals surface area (Å²) in [5.74, 6) is 0. The third kappa shape index (κ3) is 3.31. The molecule has 0 aromatic rings. The molecule has 1 rings (SSSR count). The highest BCUT2D eigenvalue weighted by Gasteiger charge is 2.41. The van der Waals surface area contributed by atoms with Gasteiger partial charge in [-0.1, -0.05) is 0 Å². The first-order valence-electron chi connectivity index (χ1n) is 3.27. The lowest BCUT2D eigenvalue weighted by atomic mass is 10.3. The fourth-order valence-electron chi connectivity index (χ4n) is 0.840. The average Bonchev–Trinajstić information content (AvgIpc) is 2.64. The van der Waals surface area contributed by atoms with E-state index in [-0.39, 0.29) is 24.6 Å². The van der Waals surface area contributed by atoms with E-state index in [4.69, 9.17) is 0 Å². The fraction of sp³-hybridized carbons (Fsp3) is 1.00. The van der Waals surface area contributed by atoms with Gasteiger partial charge in [0, 0.05) is 5.54 Å². The van der Waals surface area contributed by atoms with Crippen LogP contribution < -0.4 is 5.32 Å². The highest BCUT2D eigenvalue weighted by Crippen LogP contribution is 2.35. The van der Waals surface area contributed by atoms with Crippen molar-refractivity contribution in [1.29, 1.82) is 0 Å². The molecule has 0 aromatic carbocycles. The molecule has 0 saturated heterocycles. The van der Waals surface area contributed by atoms with Crippen LogP contribution in [0, 0.1) is 0 Å². The summed E-state index contributed by atoms with van der Waals surface area (Å²) in [5.41, 5.74) is -0.129. The molecule has 0 bridgehead atoms. The maximum absolute atomic E-state index is 11.5. The molecule has 1 aliphatic carbocycles. The van der Waals surface area contributed by atoms with Crippen LogP contribution >= 0.6 is 12.4 Å². The van der Waals surface area contributed by atoms with Gasteiger partial charge in [0.15, 0.2) is 0 Å². The van der Waals surface area contributed by atoms with Gasteiger partial charge in [-0.25, -0.2) is 0 Å². The highest BCUT2D eigenvalue weighted by atomic mass is 35.5. The van der Waals surface area contributed by atoms with Gasteiger partial charge in [0.1, 0.15) is 0 Å². The third-order valence-corrected chi connectivity index (χ3v) is 1.87. The van der Waals surface area contributed by atoms with E-state index in [0.29, 0.717) is 0 Å². The second-order valence-electron chi connectivity index (χ2n) is 2.60. The molecular weight excluding hydrogens is 176 g/mol. The predicted molar refractivity (Wildman–Crippen MR) is 40.2 cm³/mol. The van der Waals surface area contributed by atoms with Crippen molar-refractivity contribution in [3.05, 3.63) is 0 Å². The Balaban J connectivity index is 0.000001000. The number of nitrogens with one attached hydrogen (secondary N) is 1. The van der Waals surface area contributed by atoms with Crippen LogP contribution in [0.5, 0.6) is 0 Å². The summed E-state index contributed by atoms with van der Waals surface area (Å²) in [6.45, 7) is -2.51. The normalized spacial score (nSPS) is 19.6. The molecule has 5 heteroatoms. The first kappa shape index (κ1) is 11.1. The van der Waals surface area contributed by atoms with Crippen LogP contribution in [0.1, 0.15) is 12.8 Å². The van der Waals surface area contributed by atoms with Crippen molar-refractivity contribution in [3.8, 4) is 0 Å². The van der Waals surface area contributed by atoms with Crippen molar-refractivity contribution >= 4 is 12.4 Å². The first-order chi connectivity index (χ1) is 4.68. The Hall–Kier alpha value is 0.0700. The maximum atomic E-state index is 11.5. The average molecular weight is 188 g/mol. The maximum Gasteiger partial charge on any atom is 0.345 e. The van der Waals surface area contributed by atoms with Crippen LogP contribution in [0.4, 0.5) is 8.78 Å². The monoisotopic (exact) mass is 187 g/mol. The van der Waals surface area contributed by atoms with Crippen LogP contribution in [0.2, 0.25) is 0 Å². The van der Waals surface area contributed by atoms with Crippen molar-refractivity contribution in [2.75, 3.05) is 13.7 Å². The summed E-state index contributed by atoms with van der Waals surface area (Å²) in [5, 5.41) is 2.95. The van der Waals surface area contributed by atoms with E-state index in [1.165, 1.54) is 0 Å². The molecule has 0 unspecified atom stereocenters. The minimum Gasteiger partial charge on any atom is -0.321 e. The number of hydrogen-bond donors (Lipinski definition) is 1. The molecule has 0 amide bonds. The lowest BCUT2D eigenvalue weighted by Crippen LogP contribution is -2.33. The van der Waals surface area contributed by atoms with E-state index < -0.39 is 6.61 Å². The molecule has 1 fully saturated rings. The van der Waals surface area contributed by atoms with E-state index in [1.54, 1.807) is 7.05 Å². The molecule has 0 radical (unpaired) electrons. The van der Waals surface area contributed by atoms with Crippen LogP contribution in [0.3, 0.4) is 0 Å². The minimum absolute atomic E-state index is 0. The lowest BCUT2D eigenvalue weighted by molar-refractivity contribution is -0.135. The Morgan fingerprint density at radius 1 is 1.55 bits per heavy atom. The molecule has 11 heavy (non-hydrogen) atoms. The van der Waals surface area contributed by atoms with Crippen molar-refractivity contribution < 1.29 is 13.5 Å². The zero-order valence-electron chi connectivity index (χ0n) is 6.27. The van der Waals surface area contributed by atoms with Gasteiger partial charge in [-0.3, -0.25) is 0 Å². The number of likely N-dealkylation sites (N-methyl/N-ethyl adjacent to an activating group) is 1. The zero-order chi connectivity index (χ0) is 7.61. The van der Waals surface area contributed by atoms with Gasteiger partial charge in [-0.15, -0.1) is 12.4 Å². The van der Waals surface area contributed by atoms with Crippen molar-refractivity contribution in [2.24, 2.45) is 0 Å². The third-order valence-electron chi connectivity index (χ3n) is 1.87. The van der Waals surface area contributed by atoms with Crippen LogP contribution in [-0.2, 0) is 4.74 Å². The highest BCUT2D eigenvalue weighted by molar-refractivity contribution is 5.85. The Morgan fingerprint density at radius 3 is 2.36 bits per heavy atom. The summed E-state index contributed by atoms with van der Waals surface area (Å²) in [7, 11) is 1.77. The van der Waals surface area contributed by atoms with Crippen LogP contribution in [-0.4, -0.2) is 25.8 Å². The van der Waals surface area contributed by atoms with Crippen molar-refractivity contribution in [3.63, 3.8) is 0 Å². The molecule has 0 spiro atoms. The van der Waals surface area contributed by atoms with Crippen molar-refractivity contribution in [1.82, 2.24) is 5.32 Å². The summed E-state index contributed by atoms with van der Waals surface area (Å²) in [6.07, 6.45) is 1.88. The number of hydrogen-bond acceptors (Lipinski definition) is 2. The van der Waals surface area contributed by atoms with E-state index in [0.717, 1.165) is 12.8 Å². The standard InChI is InChI=1S/C6H11F2NO.ClH/c1-9-6(2-3-6)4-10-5(7)8;/h5,9H,2-4H2,1H3;1H. The van der Waals surface area contributed by atoms with Crippen molar-refractivity contribution in [2.45, 2.75) is 25.0 Å². The lowest BCUT2D eigenvalue weighted by Gasteiger charge is -2.12. The Morgan fingerprint density at radius 2 is 2.09 bits per heavy atom.